The van der Waals surface area contributed by atoms with Crippen LogP contribution in [0, 0.1) is 6.92 Å². The Morgan fingerprint density at radius 1 is 1.31 bits per heavy atom. The van der Waals surface area contributed by atoms with Gasteiger partial charge in [0.2, 0.25) is 0 Å². The Hall–Kier alpha value is -0.830. The molecule has 0 aliphatic heterocycles. The van der Waals surface area contributed by atoms with Gasteiger partial charge in [-0.05, 0) is 36.5 Å². The van der Waals surface area contributed by atoms with Gasteiger partial charge in [0, 0.05) is 6.54 Å². The third kappa shape index (κ3) is 2.29. The average Bonchev–Trinajstić information content (AvgIpc) is 2.67. The van der Waals surface area contributed by atoms with Crippen molar-refractivity contribution >= 4 is 22.9 Å². The summed E-state index contributed by atoms with van der Waals surface area (Å²) < 4.78 is 0. The molecule has 84 valence electrons. The van der Waals surface area contributed by atoms with Gasteiger partial charge in [0.1, 0.15) is 0 Å². The van der Waals surface area contributed by atoms with Crippen molar-refractivity contribution in [3.8, 4) is 10.4 Å². The normalized spacial score (nSPS) is 10.7. The number of benzene rings is 1. The van der Waals surface area contributed by atoms with E-state index >= 15 is 0 Å². The zero-order chi connectivity index (χ0) is 11.5. The Balaban J connectivity index is 2.53. The highest BCUT2D eigenvalue weighted by Gasteiger charge is 2.09. The minimum atomic E-state index is 0.841. The number of hydrogen-bond donors (Lipinski definition) is 1. The van der Waals surface area contributed by atoms with Crippen molar-refractivity contribution in [1.82, 2.24) is 5.32 Å². The van der Waals surface area contributed by atoms with Crippen molar-refractivity contribution in [2.45, 2.75) is 13.5 Å². The van der Waals surface area contributed by atoms with Crippen LogP contribution in [0.3, 0.4) is 0 Å². The number of thiophene rings is 1. The topological polar surface area (TPSA) is 12.0 Å². The maximum absolute atomic E-state index is 6.19. The second-order valence-corrected chi connectivity index (χ2v) is 5.11. The van der Waals surface area contributed by atoms with Crippen LogP contribution < -0.4 is 5.32 Å². The molecule has 3 heteroatoms. The molecule has 0 amide bonds. The van der Waals surface area contributed by atoms with E-state index in [1.165, 1.54) is 16.7 Å². The summed E-state index contributed by atoms with van der Waals surface area (Å²) in [6.45, 7) is 2.97. The summed E-state index contributed by atoms with van der Waals surface area (Å²) in [5, 5.41) is 6.06. The number of halogens is 1. The van der Waals surface area contributed by atoms with Gasteiger partial charge in [0.15, 0.2) is 0 Å². The summed E-state index contributed by atoms with van der Waals surface area (Å²) >= 11 is 7.88. The molecule has 1 nitrogen and oxygen atoms in total. The first kappa shape index (κ1) is 11.6. The largest absolute Gasteiger partial charge is 0.316 e. The van der Waals surface area contributed by atoms with E-state index < -0.39 is 0 Å². The van der Waals surface area contributed by atoms with E-state index in [2.05, 4.69) is 30.4 Å². The monoisotopic (exact) mass is 251 g/mol. The third-order valence-electron chi connectivity index (χ3n) is 2.49. The Kier molecular flexibility index (Phi) is 3.64. The highest BCUT2D eigenvalue weighted by Crippen LogP contribution is 2.35. The zero-order valence-corrected chi connectivity index (χ0v) is 11.0. The highest BCUT2D eigenvalue weighted by atomic mass is 35.5. The van der Waals surface area contributed by atoms with Crippen molar-refractivity contribution in [1.29, 1.82) is 0 Å². The van der Waals surface area contributed by atoms with Gasteiger partial charge < -0.3 is 5.32 Å². The fourth-order valence-electron chi connectivity index (χ4n) is 1.73. The molecule has 1 aromatic heterocycles. The number of hydrogen-bond acceptors (Lipinski definition) is 2. The summed E-state index contributed by atoms with van der Waals surface area (Å²) in [5.74, 6) is 0. The van der Waals surface area contributed by atoms with E-state index in [0.717, 1.165) is 16.4 Å². The molecule has 2 rings (SSSR count). The van der Waals surface area contributed by atoms with Crippen molar-refractivity contribution in [3.05, 3.63) is 45.8 Å². The molecule has 0 fully saturated rings. The maximum Gasteiger partial charge on any atom is 0.0592 e. The summed E-state index contributed by atoms with van der Waals surface area (Å²) in [5.41, 5.74) is 3.80. The molecule has 0 saturated carbocycles. The smallest absolute Gasteiger partial charge is 0.0592 e. The average molecular weight is 252 g/mol. The number of rotatable bonds is 3. The molecule has 16 heavy (non-hydrogen) atoms. The molecule has 1 N–H and O–H groups in total. The van der Waals surface area contributed by atoms with Gasteiger partial charge in [0.05, 0.1) is 9.90 Å². The van der Waals surface area contributed by atoms with E-state index in [4.69, 9.17) is 11.6 Å². The van der Waals surface area contributed by atoms with Gasteiger partial charge >= 0.3 is 0 Å². The van der Waals surface area contributed by atoms with Crippen molar-refractivity contribution < 1.29 is 0 Å². The van der Waals surface area contributed by atoms with Crippen LogP contribution in [0.15, 0.2) is 29.6 Å². The first-order valence-corrected chi connectivity index (χ1v) is 6.45. The van der Waals surface area contributed by atoms with Crippen LogP contribution in [0.2, 0.25) is 5.02 Å². The highest BCUT2D eigenvalue weighted by molar-refractivity contribution is 7.14. The quantitative estimate of drug-likeness (QED) is 0.866. The molecule has 0 aliphatic rings. The minimum Gasteiger partial charge on any atom is -0.316 e. The summed E-state index contributed by atoms with van der Waals surface area (Å²) in [4.78, 5) is 1.16. The summed E-state index contributed by atoms with van der Waals surface area (Å²) in [6, 6.07) is 8.45. The van der Waals surface area contributed by atoms with Crippen molar-refractivity contribution in [2.75, 3.05) is 7.05 Å². The lowest BCUT2D eigenvalue weighted by Gasteiger charge is -2.09. The molecule has 0 radical (unpaired) electrons. The van der Waals surface area contributed by atoms with Crippen LogP contribution in [0.1, 0.15) is 11.1 Å². The van der Waals surface area contributed by atoms with Gasteiger partial charge in [-0.3, -0.25) is 0 Å². The Labute approximate surface area is 105 Å². The lowest BCUT2D eigenvalue weighted by atomic mass is 10.0. The molecule has 0 bridgehead atoms. The van der Waals surface area contributed by atoms with E-state index in [1.807, 2.05) is 18.5 Å². The van der Waals surface area contributed by atoms with Gasteiger partial charge in [-0.25, -0.2) is 0 Å². The second-order valence-electron chi connectivity index (χ2n) is 3.79. The zero-order valence-electron chi connectivity index (χ0n) is 9.38. The first-order valence-electron chi connectivity index (χ1n) is 5.20. The van der Waals surface area contributed by atoms with Gasteiger partial charge in [-0.15, -0.1) is 11.3 Å². The van der Waals surface area contributed by atoms with Crippen molar-refractivity contribution in [2.24, 2.45) is 0 Å². The van der Waals surface area contributed by atoms with E-state index in [0.29, 0.717) is 0 Å². The number of aryl methyl sites for hydroxylation is 1. The molecular formula is C13H14ClNS. The van der Waals surface area contributed by atoms with E-state index in [1.54, 1.807) is 11.3 Å². The van der Waals surface area contributed by atoms with Crippen LogP contribution in [0.4, 0.5) is 0 Å². The van der Waals surface area contributed by atoms with Gasteiger partial charge in [0.25, 0.3) is 0 Å². The molecule has 0 saturated heterocycles. The Morgan fingerprint density at radius 2 is 2.12 bits per heavy atom. The third-order valence-corrected chi connectivity index (χ3v) is 3.87. The molecular weight excluding hydrogens is 238 g/mol. The van der Waals surface area contributed by atoms with Crippen LogP contribution >= 0.6 is 22.9 Å². The second kappa shape index (κ2) is 5.00. The van der Waals surface area contributed by atoms with Gasteiger partial charge in [-0.1, -0.05) is 35.4 Å². The van der Waals surface area contributed by atoms with E-state index in [9.17, 15) is 0 Å². The predicted molar refractivity (Wildman–Crippen MR) is 72.3 cm³/mol. The molecule has 0 aliphatic carbocycles. The first-order chi connectivity index (χ1) is 7.72. The van der Waals surface area contributed by atoms with Crippen LogP contribution in [0.5, 0.6) is 0 Å². The summed E-state index contributed by atoms with van der Waals surface area (Å²) in [6.07, 6.45) is 0. The lowest BCUT2D eigenvalue weighted by molar-refractivity contribution is 0.819. The fraction of sp³-hybridized carbons (Fsp3) is 0.231. The molecule has 1 aromatic carbocycles. The molecule has 2 aromatic rings. The van der Waals surface area contributed by atoms with Crippen LogP contribution in [0.25, 0.3) is 10.4 Å². The minimum absolute atomic E-state index is 0.841. The van der Waals surface area contributed by atoms with E-state index in [-0.39, 0.29) is 0 Å². The number of nitrogens with one attached hydrogen (secondary N) is 1. The maximum atomic E-state index is 6.19. The molecule has 0 atom stereocenters. The van der Waals surface area contributed by atoms with Crippen molar-refractivity contribution in [3.63, 3.8) is 0 Å². The molecule has 1 heterocycles. The lowest BCUT2D eigenvalue weighted by Crippen LogP contribution is -2.06. The van der Waals surface area contributed by atoms with Gasteiger partial charge in [-0.2, -0.15) is 0 Å². The Morgan fingerprint density at radius 3 is 2.75 bits per heavy atom. The predicted octanol–water partition coefficient (Wildman–Crippen LogP) is 4.10. The summed E-state index contributed by atoms with van der Waals surface area (Å²) in [7, 11) is 1.96. The molecule has 0 spiro atoms. The standard InChI is InChI=1S/C13H14ClNS/c1-9-3-4-10(8-15-2)11(7-9)13-12(14)5-6-16-13/h3-7,15H,8H2,1-2H3. The van der Waals surface area contributed by atoms with Crippen LogP contribution in [-0.4, -0.2) is 7.05 Å². The Bertz CT molecular complexity index is 490. The molecule has 0 unspecified atom stereocenters. The SMILES string of the molecule is CNCc1ccc(C)cc1-c1sccc1Cl. The van der Waals surface area contributed by atoms with Crippen LogP contribution in [-0.2, 0) is 6.54 Å². The fourth-order valence-corrected chi connectivity index (χ4v) is 2.94.